The molecular weight excluding hydrogens is 284 g/mol. The van der Waals surface area contributed by atoms with E-state index >= 15 is 0 Å². The summed E-state index contributed by atoms with van der Waals surface area (Å²) in [5.41, 5.74) is 5.67. The summed E-state index contributed by atoms with van der Waals surface area (Å²) >= 11 is 0. The van der Waals surface area contributed by atoms with Gasteiger partial charge in [0, 0.05) is 13.1 Å². The van der Waals surface area contributed by atoms with Gasteiger partial charge in [-0.3, -0.25) is 14.4 Å². The summed E-state index contributed by atoms with van der Waals surface area (Å²) in [5.74, 6) is -0.788. The molecule has 0 saturated carbocycles. The molecule has 0 spiro atoms. The Balaban J connectivity index is 0.00000361. The van der Waals surface area contributed by atoms with Crippen LogP contribution in [0.2, 0.25) is 0 Å². The van der Waals surface area contributed by atoms with Gasteiger partial charge in [0.15, 0.2) is 0 Å². The maximum absolute atomic E-state index is 11.9. The zero-order valence-corrected chi connectivity index (χ0v) is 12.8. The van der Waals surface area contributed by atoms with Gasteiger partial charge in [-0.15, -0.1) is 12.4 Å². The van der Waals surface area contributed by atoms with Gasteiger partial charge in [-0.1, -0.05) is 13.8 Å². The van der Waals surface area contributed by atoms with Crippen molar-refractivity contribution in [2.45, 2.75) is 32.9 Å². The first-order chi connectivity index (χ1) is 8.84. The highest BCUT2D eigenvalue weighted by molar-refractivity contribution is 5.91. The summed E-state index contributed by atoms with van der Waals surface area (Å²) in [7, 11) is 0. The van der Waals surface area contributed by atoms with E-state index in [0.29, 0.717) is 13.1 Å². The lowest BCUT2D eigenvalue weighted by molar-refractivity contribution is -0.142. The van der Waals surface area contributed by atoms with Crippen LogP contribution in [-0.2, 0) is 14.4 Å². The van der Waals surface area contributed by atoms with Crippen LogP contribution in [0.3, 0.4) is 0 Å². The van der Waals surface area contributed by atoms with Crippen LogP contribution in [0.15, 0.2) is 0 Å². The van der Waals surface area contributed by atoms with E-state index in [4.69, 9.17) is 5.73 Å². The molecule has 1 aliphatic heterocycles. The van der Waals surface area contributed by atoms with E-state index in [1.165, 1.54) is 4.90 Å². The summed E-state index contributed by atoms with van der Waals surface area (Å²) in [6.07, 6.45) is 0. The Bertz CT molecular complexity index is 376. The number of nitrogens with zero attached hydrogens (tertiary/aromatic N) is 1. The largest absolute Gasteiger partial charge is 0.353 e. The third kappa shape index (κ3) is 4.64. The highest BCUT2D eigenvalue weighted by atomic mass is 35.5. The smallest absolute Gasteiger partial charge is 0.242 e. The number of amides is 3. The normalized spacial score (nSPS) is 19.9. The molecule has 0 aromatic heterocycles. The molecule has 0 aromatic carbocycles. The fourth-order valence-corrected chi connectivity index (χ4v) is 1.81. The molecule has 1 fully saturated rings. The van der Waals surface area contributed by atoms with Crippen LogP contribution >= 0.6 is 12.4 Å². The van der Waals surface area contributed by atoms with E-state index in [-0.39, 0.29) is 42.6 Å². The summed E-state index contributed by atoms with van der Waals surface area (Å²) in [6.45, 7) is 6.10. The van der Waals surface area contributed by atoms with E-state index in [0.717, 1.165) is 0 Å². The molecule has 0 bridgehead atoms. The molecule has 1 heterocycles. The van der Waals surface area contributed by atoms with Crippen LogP contribution < -0.4 is 16.4 Å². The molecular formula is C12H23ClN4O3. The van der Waals surface area contributed by atoms with Crippen LogP contribution in [0.5, 0.6) is 0 Å². The highest BCUT2D eigenvalue weighted by Crippen LogP contribution is 2.04. The van der Waals surface area contributed by atoms with Crippen molar-refractivity contribution in [1.82, 2.24) is 15.5 Å². The second kappa shape index (κ2) is 8.06. The molecule has 0 aliphatic carbocycles. The van der Waals surface area contributed by atoms with E-state index in [2.05, 4.69) is 10.6 Å². The first kappa shape index (κ1) is 18.7. The Morgan fingerprint density at radius 1 is 1.50 bits per heavy atom. The van der Waals surface area contributed by atoms with Gasteiger partial charge >= 0.3 is 0 Å². The standard InChI is InChI=1S/C12H22N4O3.ClH/c1-7(2)10(13)12(19)15-6-9(17)16-5-4-14-11(18)8(16)3;/h7-8,10H,4-6,13H2,1-3H3,(H,14,18)(H,15,19);1H/t8?,10-;/m0./s1. The predicted molar refractivity (Wildman–Crippen MR) is 77.3 cm³/mol. The maximum Gasteiger partial charge on any atom is 0.242 e. The third-order valence-electron chi connectivity index (χ3n) is 3.25. The van der Waals surface area contributed by atoms with Crippen LogP contribution in [0.1, 0.15) is 20.8 Å². The van der Waals surface area contributed by atoms with Gasteiger partial charge in [0.1, 0.15) is 6.04 Å². The lowest BCUT2D eigenvalue weighted by Gasteiger charge is -2.33. The minimum absolute atomic E-state index is 0. The van der Waals surface area contributed by atoms with Gasteiger partial charge < -0.3 is 21.3 Å². The minimum Gasteiger partial charge on any atom is -0.353 e. The van der Waals surface area contributed by atoms with Crippen molar-refractivity contribution < 1.29 is 14.4 Å². The fraction of sp³-hybridized carbons (Fsp3) is 0.750. The quantitative estimate of drug-likeness (QED) is 0.610. The summed E-state index contributed by atoms with van der Waals surface area (Å²) in [6, 6.07) is -1.13. The zero-order chi connectivity index (χ0) is 14.6. The van der Waals surface area contributed by atoms with Crippen molar-refractivity contribution in [2.75, 3.05) is 19.6 Å². The van der Waals surface area contributed by atoms with Crippen molar-refractivity contribution in [2.24, 2.45) is 11.7 Å². The van der Waals surface area contributed by atoms with E-state index in [9.17, 15) is 14.4 Å². The van der Waals surface area contributed by atoms with Crippen LogP contribution in [-0.4, -0.2) is 54.3 Å². The topological polar surface area (TPSA) is 105 Å². The second-order valence-electron chi connectivity index (χ2n) is 5.04. The third-order valence-corrected chi connectivity index (χ3v) is 3.25. The van der Waals surface area contributed by atoms with Crippen molar-refractivity contribution in [1.29, 1.82) is 0 Å². The molecule has 1 saturated heterocycles. The van der Waals surface area contributed by atoms with Gasteiger partial charge in [-0.2, -0.15) is 0 Å². The summed E-state index contributed by atoms with van der Waals surface area (Å²) < 4.78 is 0. The number of piperazine rings is 1. The van der Waals surface area contributed by atoms with Crippen LogP contribution in [0.4, 0.5) is 0 Å². The number of hydrogen-bond donors (Lipinski definition) is 3. The average molecular weight is 307 g/mol. The molecule has 3 amide bonds. The molecule has 0 aromatic rings. The molecule has 20 heavy (non-hydrogen) atoms. The maximum atomic E-state index is 11.9. The van der Waals surface area contributed by atoms with Gasteiger partial charge in [0.25, 0.3) is 0 Å². The predicted octanol–water partition coefficient (Wildman–Crippen LogP) is -1.15. The Morgan fingerprint density at radius 3 is 2.65 bits per heavy atom. The molecule has 0 radical (unpaired) electrons. The number of nitrogens with one attached hydrogen (secondary N) is 2. The second-order valence-corrected chi connectivity index (χ2v) is 5.04. The van der Waals surface area contributed by atoms with Crippen molar-refractivity contribution in [3.63, 3.8) is 0 Å². The number of carbonyl (C=O) groups excluding carboxylic acids is 3. The first-order valence-electron chi connectivity index (χ1n) is 6.45. The Kier molecular flexibility index (Phi) is 7.52. The molecule has 1 rings (SSSR count). The lowest BCUT2D eigenvalue weighted by atomic mass is 10.1. The first-order valence-corrected chi connectivity index (χ1v) is 6.45. The van der Waals surface area contributed by atoms with Crippen molar-refractivity contribution in [3.8, 4) is 0 Å². The van der Waals surface area contributed by atoms with Crippen LogP contribution in [0, 0.1) is 5.92 Å². The highest BCUT2D eigenvalue weighted by Gasteiger charge is 2.29. The Morgan fingerprint density at radius 2 is 2.10 bits per heavy atom. The molecule has 8 heteroatoms. The van der Waals surface area contributed by atoms with Gasteiger partial charge in [0.05, 0.1) is 12.6 Å². The number of nitrogens with two attached hydrogens (primary N) is 1. The molecule has 7 nitrogen and oxygen atoms in total. The van der Waals surface area contributed by atoms with Crippen molar-refractivity contribution in [3.05, 3.63) is 0 Å². The number of halogens is 1. The zero-order valence-electron chi connectivity index (χ0n) is 12.0. The molecule has 2 atom stereocenters. The van der Waals surface area contributed by atoms with Gasteiger partial charge in [-0.25, -0.2) is 0 Å². The summed E-state index contributed by atoms with van der Waals surface area (Å²) in [4.78, 5) is 36.5. The van der Waals surface area contributed by atoms with E-state index in [1.54, 1.807) is 6.92 Å². The monoisotopic (exact) mass is 306 g/mol. The number of carbonyl (C=O) groups is 3. The molecule has 1 aliphatic rings. The van der Waals surface area contributed by atoms with Gasteiger partial charge in [0.2, 0.25) is 17.7 Å². The number of rotatable bonds is 4. The Hall–Kier alpha value is -1.34. The van der Waals surface area contributed by atoms with Gasteiger partial charge in [-0.05, 0) is 12.8 Å². The molecule has 116 valence electrons. The minimum atomic E-state index is -0.630. The van der Waals surface area contributed by atoms with Crippen LogP contribution in [0.25, 0.3) is 0 Å². The molecule has 4 N–H and O–H groups in total. The lowest BCUT2D eigenvalue weighted by Crippen LogP contribution is -2.58. The number of hydrogen-bond acceptors (Lipinski definition) is 4. The Labute approximate surface area is 125 Å². The SMILES string of the molecule is CC(C)[C@H](N)C(=O)NCC(=O)N1CCNC(=O)C1C.Cl. The average Bonchev–Trinajstić information content (AvgIpc) is 2.37. The summed E-state index contributed by atoms with van der Waals surface area (Å²) in [5, 5.41) is 5.18. The van der Waals surface area contributed by atoms with E-state index in [1.807, 2.05) is 13.8 Å². The fourth-order valence-electron chi connectivity index (χ4n) is 1.81. The molecule has 1 unspecified atom stereocenters. The van der Waals surface area contributed by atoms with Crippen molar-refractivity contribution >= 4 is 30.1 Å². The van der Waals surface area contributed by atoms with E-state index < -0.39 is 12.1 Å².